The topological polar surface area (TPSA) is 287 Å². The molecule has 0 aliphatic rings. The first-order valence-corrected chi connectivity index (χ1v) is 34.0. The summed E-state index contributed by atoms with van der Waals surface area (Å²) in [5.41, 5.74) is 5.19. The number of carbonyl (C=O) groups excluding carboxylic acids is 3. The number of carboxylic acid groups (broad SMARTS) is 3. The molecule has 0 saturated carbocycles. The third-order valence-corrected chi connectivity index (χ3v) is 18.7. The first-order valence-electron chi connectivity index (χ1n) is 29.3. The molecule has 0 bridgehead atoms. The van der Waals surface area contributed by atoms with Crippen molar-refractivity contribution in [3.05, 3.63) is 207 Å². The third kappa shape index (κ3) is 24.5. The molecular formula is C68H65Cl6N6NaO13S3. The van der Waals surface area contributed by atoms with E-state index in [0.29, 0.717) is 104 Å². The standard InChI is InChI=1S/C26H28Cl2N2O4S.C22H20Cl2N2O4S.C20H16Cl2N2O4S.Na.H2O/c1-5-33-24(32)23-22(18-11-12-19(27)20(28)15-18)29-25(35-23)30(16-17-9-7-6-8-10-17)14-13-21(31)34-26(2,3)4;1-2-30-21(29)19-18(14-8-9-16(23)17(24)11-14)26-22(31-19)25-12-15(20(27)28)10-13-6-4-3-5-7-13;21-14-7-6-12(9-15(14)22)16-17(19(27)28)29-20(24-16)23-10-13(18(25)26)8-11-4-2-1-3-5-11;;/h6-12,15H,5,13-14,16H2,1-4H3;3-9,11,15H,2,10,12H2,1H3,(H,25,26)(H,27,28);1-7,9,13H,8,10H2,(H,23,24)(H,25,26)(H,27,28);;1H2/q;;;+1;/p-1. The van der Waals surface area contributed by atoms with Gasteiger partial charge in [0.05, 0.1) is 78.7 Å². The van der Waals surface area contributed by atoms with Gasteiger partial charge in [-0.3, -0.25) is 14.4 Å². The van der Waals surface area contributed by atoms with E-state index in [-0.39, 0.29) is 89.3 Å². The minimum atomic E-state index is -1.13. The number of anilines is 3. The number of hydrogen-bond acceptors (Lipinski definition) is 19. The maximum Gasteiger partial charge on any atom is 1.00 e. The summed E-state index contributed by atoms with van der Waals surface area (Å²) in [5.74, 6) is -5.62. The number of ether oxygens (including phenoxy) is 3. The molecule has 3 heterocycles. The van der Waals surface area contributed by atoms with Crippen LogP contribution >= 0.6 is 104 Å². The summed E-state index contributed by atoms with van der Waals surface area (Å²) >= 11 is 39.7. The van der Waals surface area contributed by atoms with Crippen LogP contribution in [0.5, 0.6) is 0 Å². The van der Waals surface area contributed by atoms with E-state index in [1.807, 2.05) is 117 Å². The molecule has 0 aliphatic heterocycles. The summed E-state index contributed by atoms with van der Waals surface area (Å²) in [4.78, 5) is 89.0. The number of rotatable bonds is 26. The summed E-state index contributed by atoms with van der Waals surface area (Å²) in [5, 5.41) is 38.1. The van der Waals surface area contributed by atoms with Crippen LogP contribution in [-0.2, 0) is 48.0 Å². The van der Waals surface area contributed by atoms with Gasteiger partial charge in [0.1, 0.15) is 20.2 Å². The van der Waals surface area contributed by atoms with E-state index in [2.05, 4.69) is 20.6 Å². The van der Waals surface area contributed by atoms with E-state index >= 15 is 0 Å². The van der Waals surface area contributed by atoms with Gasteiger partial charge >= 0.3 is 65.4 Å². The summed E-state index contributed by atoms with van der Waals surface area (Å²) < 4.78 is 15.9. The summed E-state index contributed by atoms with van der Waals surface area (Å²) in [6.45, 7) is 10.6. The van der Waals surface area contributed by atoms with E-state index in [4.69, 9.17) is 88.8 Å². The monoisotopic (exact) mass is 1500 g/mol. The molecule has 19 nitrogen and oxygen atoms in total. The Bertz CT molecular complexity index is 4130. The maximum atomic E-state index is 12.8. The smallest absolute Gasteiger partial charge is 0.870 e. The van der Waals surface area contributed by atoms with Gasteiger partial charge in [0.25, 0.3) is 0 Å². The van der Waals surface area contributed by atoms with Crippen molar-refractivity contribution >= 4 is 155 Å². The molecular weight excluding hydrogens is 1440 g/mol. The van der Waals surface area contributed by atoms with Crippen LogP contribution in [0.2, 0.25) is 30.1 Å². The maximum absolute atomic E-state index is 12.8. The zero-order valence-electron chi connectivity index (χ0n) is 53.1. The number of hydrogen-bond donors (Lipinski definition) is 5. The summed E-state index contributed by atoms with van der Waals surface area (Å²) in [6, 6.07) is 43.4. The van der Waals surface area contributed by atoms with E-state index in [1.165, 1.54) is 11.3 Å². The van der Waals surface area contributed by atoms with Crippen LogP contribution in [0.1, 0.15) is 86.7 Å². The molecule has 29 heteroatoms. The number of benzene rings is 6. The van der Waals surface area contributed by atoms with Crippen LogP contribution in [0.4, 0.5) is 15.4 Å². The average molecular weight is 1510 g/mol. The quantitative estimate of drug-likeness (QED) is 0.0191. The second kappa shape index (κ2) is 39.1. The Balaban J connectivity index is 0.000000261. The largest absolute Gasteiger partial charge is 1.00 e. The summed E-state index contributed by atoms with van der Waals surface area (Å²) in [7, 11) is 0. The molecule has 2 atom stereocenters. The van der Waals surface area contributed by atoms with Gasteiger partial charge in [-0.1, -0.05) is 213 Å². The Morgan fingerprint density at radius 2 is 0.887 bits per heavy atom. The number of carbonyl (C=O) groups is 6. The van der Waals surface area contributed by atoms with Gasteiger partial charge in [0.2, 0.25) is 0 Å². The van der Waals surface area contributed by atoms with Crippen LogP contribution in [-0.4, -0.2) is 110 Å². The Morgan fingerprint density at radius 3 is 1.26 bits per heavy atom. The van der Waals surface area contributed by atoms with E-state index in [9.17, 15) is 44.1 Å². The first-order chi connectivity index (χ1) is 45.3. The van der Waals surface area contributed by atoms with Gasteiger partial charge in [0, 0.05) is 42.9 Å². The third-order valence-electron chi connectivity index (χ3n) is 13.4. The van der Waals surface area contributed by atoms with Crippen molar-refractivity contribution in [1.82, 2.24) is 15.0 Å². The van der Waals surface area contributed by atoms with Crippen molar-refractivity contribution in [3.8, 4) is 33.8 Å². The second-order valence-corrected chi connectivity index (χ2v) is 27.1. The van der Waals surface area contributed by atoms with Crippen LogP contribution in [0.15, 0.2) is 146 Å². The first kappa shape index (κ1) is 80.8. The van der Waals surface area contributed by atoms with Gasteiger partial charge in [-0.15, -0.1) is 0 Å². The van der Waals surface area contributed by atoms with Crippen LogP contribution in [0.3, 0.4) is 0 Å². The van der Waals surface area contributed by atoms with Gasteiger partial charge in [0.15, 0.2) is 15.4 Å². The number of nitrogens with one attached hydrogen (secondary N) is 2. The fraction of sp³-hybridized carbons (Fsp3) is 0.250. The summed E-state index contributed by atoms with van der Waals surface area (Å²) in [6.07, 6.45) is 0.888. The predicted octanol–water partition coefficient (Wildman–Crippen LogP) is 14.7. The number of halogens is 6. The molecule has 0 radical (unpaired) electrons. The van der Waals surface area contributed by atoms with Crippen LogP contribution in [0, 0.1) is 11.8 Å². The molecule has 9 aromatic rings. The molecule has 0 amide bonds. The fourth-order valence-corrected chi connectivity index (χ4v) is 12.6. The van der Waals surface area contributed by atoms with Crippen molar-refractivity contribution in [1.29, 1.82) is 0 Å². The van der Waals surface area contributed by atoms with E-state index in [1.54, 1.807) is 68.4 Å². The van der Waals surface area contributed by atoms with Gasteiger partial charge in [-0.2, -0.15) is 0 Å². The minimum absolute atomic E-state index is 0. The number of thiazole rings is 3. The molecule has 97 heavy (non-hydrogen) atoms. The Hall–Kier alpha value is -6.87. The van der Waals surface area contributed by atoms with E-state index in [0.717, 1.165) is 39.4 Å². The normalized spacial score (nSPS) is 11.3. The van der Waals surface area contributed by atoms with Gasteiger partial charge in [-0.05, 0) is 101 Å². The number of esters is 3. The Labute approximate surface area is 624 Å². The predicted molar refractivity (Wildman–Crippen MR) is 381 cm³/mol. The van der Waals surface area contributed by atoms with Crippen LogP contribution in [0.25, 0.3) is 33.8 Å². The molecule has 6 aromatic carbocycles. The molecule has 9 rings (SSSR count). The zero-order valence-corrected chi connectivity index (χ0v) is 62.1. The number of aromatic carboxylic acids is 1. The molecule has 506 valence electrons. The minimum Gasteiger partial charge on any atom is -0.870 e. The fourth-order valence-electron chi connectivity index (χ4n) is 8.94. The van der Waals surface area contributed by atoms with Crippen LogP contribution < -0.4 is 45.1 Å². The van der Waals surface area contributed by atoms with Crippen molar-refractivity contribution in [2.24, 2.45) is 11.8 Å². The average Bonchev–Trinajstić information content (AvgIpc) is 1.67. The van der Waals surface area contributed by atoms with Crippen molar-refractivity contribution in [2.75, 3.05) is 48.4 Å². The molecule has 6 N–H and O–H groups in total. The molecule has 0 spiro atoms. The molecule has 2 unspecified atom stereocenters. The van der Waals surface area contributed by atoms with Gasteiger partial charge in [-0.25, -0.2) is 29.3 Å². The van der Waals surface area contributed by atoms with E-state index < -0.39 is 47.3 Å². The molecule has 0 fully saturated rings. The molecule has 3 aromatic heterocycles. The number of aromatic nitrogens is 3. The van der Waals surface area contributed by atoms with Crippen molar-refractivity contribution in [2.45, 2.75) is 66.0 Å². The zero-order chi connectivity index (χ0) is 68.9. The molecule has 0 aliphatic carbocycles. The second-order valence-electron chi connectivity index (χ2n) is 21.7. The van der Waals surface area contributed by atoms with Crippen molar-refractivity contribution < 1.29 is 93.3 Å². The SMILES string of the molecule is CCOC(=O)c1sc(N(CCC(=O)OC(C)(C)C)Cc2ccccc2)nc1-c1ccc(Cl)c(Cl)c1.CCOC(=O)c1sc(NCC(Cc2ccccc2)C(=O)O)nc1-c1ccc(Cl)c(Cl)c1.O=C(O)c1sc(NCC(Cc2ccccc2)C(=O)O)nc1-c1ccc(Cl)c(Cl)c1.[Na+].[OH-]. The Morgan fingerprint density at radius 1 is 0.515 bits per heavy atom. The Kier molecular flexibility index (Phi) is 32.5. The number of nitrogens with zero attached hydrogens (tertiary/aromatic N) is 4. The molecule has 0 saturated heterocycles. The number of aliphatic carboxylic acids is 2. The number of carboxylic acids is 3. The van der Waals surface area contributed by atoms with Gasteiger partial charge < -0.3 is 50.5 Å². The van der Waals surface area contributed by atoms with Crippen molar-refractivity contribution in [3.63, 3.8) is 0 Å².